The Bertz CT molecular complexity index is 840. The number of aliphatic hydroxyl groups excluding tert-OH is 1. The molecule has 2 N–H and O–H groups in total. The van der Waals surface area contributed by atoms with Crippen molar-refractivity contribution in [3.63, 3.8) is 0 Å². The van der Waals surface area contributed by atoms with Gasteiger partial charge in [-0.1, -0.05) is 17.7 Å². The number of nitrogens with zero attached hydrogens (tertiary/aromatic N) is 1. The van der Waals surface area contributed by atoms with Gasteiger partial charge in [-0.2, -0.15) is 0 Å². The number of amides is 1. The zero-order valence-electron chi connectivity index (χ0n) is 13.1. The Hall–Kier alpha value is -2.64. The number of carbonyl (C=O) groups is 1. The van der Waals surface area contributed by atoms with Crippen LogP contribution in [0.25, 0.3) is 0 Å². The molecule has 0 spiro atoms. The number of non-ortho nitro benzene ring substituents is 1. The molecule has 25 heavy (non-hydrogen) atoms. The highest BCUT2D eigenvalue weighted by molar-refractivity contribution is 6.33. The Morgan fingerprint density at radius 3 is 2.92 bits per heavy atom. The number of carbonyl (C=O) groups excluding carboxylic acids is 1. The second-order valence-electron chi connectivity index (χ2n) is 5.61. The van der Waals surface area contributed by atoms with Crippen molar-refractivity contribution in [2.24, 2.45) is 0 Å². The monoisotopic (exact) mass is 362 g/mol. The van der Waals surface area contributed by atoms with Crippen LogP contribution < -0.4 is 10.1 Å². The lowest BCUT2D eigenvalue weighted by Crippen LogP contribution is -2.28. The van der Waals surface area contributed by atoms with E-state index in [1.165, 1.54) is 12.1 Å². The van der Waals surface area contributed by atoms with Crippen LogP contribution in [-0.2, 0) is 6.42 Å². The van der Waals surface area contributed by atoms with Gasteiger partial charge in [0.05, 0.1) is 28.2 Å². The minimum Gasteiger partial charge on any atom is -0.493 e. The Kier molecular flexibility index (Phi) is 4.87. The summed E-state index contributed by atoms with van der Waals surface area (Å²) < 4.78 is 5.41. The van der Waals surface area contributed by atoms with E-state index in [0.29, 0.717) is 12.2 Å². The summed E-state index contributed by atoms with van der Waals surface area (Å²) in [6.45, 7) is 0.578. The molecule has 1 heterocycles. The first-order valence-electron chi connectivity index (χ1n) is 7.61. The number of hydrogen-bond donors (Lipinski definition) is 2. The summed E-state index contributed by atoms with van der Waals surface area (Å²) in [5.41, 5.74) is 1.44. The SMILES string of the molecule is O=C(NCC(O)c1ccc2c(c1)CCO2)c1cc([N+](=O)[O-])ccc1Cl. The molecule has 0 radical (unpaired) electrons. The number of hydrogen-bond acceptors (Lipinski definition) is 5. The molecule has 0 aromatic heterocycles. The fourth-order valence-corrected chi connectivity index (χ4v) is 2.82. The van der Waals surface area contributed by atoms with Crippen LogP contribution in [0.3, 0.4) is 0 Å². The summed E-state index contributed by atoms with van der Waals surface area (Å²) in [6, 6.07) is 9.00. The lowest BCUT2D eigenvalue weighted by atomic mass is 10.0. The molecule has 0 saturated heterocycles. The van der Waals surface area contributed by atoms with E-state index in [4.69, 9.17) is 16.3 Å². The van der Waals surface area contributed by atoms with Gasteiger partial charge in [-0.3, -0.25) is 14.9 Å². The minimum absolute atomic E-state index is 0.00887. The molecule has 1 aliphatic heterocycles. The average molecular weight is 363 g/mol. The maximum absolute atomic E-state index is 12.2. The lowest BCUT2D eigenvalue weighted by Gasteiger charge is -2.13. The second kappa shape index (κ2) is 7.08. The minimum atomic E-state index is -0.910. The lowest BCUT2D eigenvalue weighted by molar-refractivity contribution is -0.384. The molecule has 1 aliphatic rings. The van der Waals surface area contributed by atoms with Gasteiger partial charge in [0.1, 0.15) is 5.75 Å². The maximum Gasteiger partial charge on any atom is 0.270 e. The van der Waals surface area contributed by atoms with Crippen LogP contribution >= 0.6 is 11.6 Å². The first-order chi connectivity index (χ1) is 12.0. The molecule has 0 saturated carbocycles. The summed E-state index contributed by atoms with van der Waals surface area (Å²) in [7, 11) is 0. The third-order valence-corrected chi connectivity index (χ3v) is 4.29. The molecule has 0 aliphatic carbocycles. The largest absolute Gasteiger partial charge is 0.493 e. The van der Waals surface area contributed by atoms with Gasteiger partial charge in [0.15, 0.2) is 0 Å². The highest BCUT2D eigenvalue weighted by Crippen LogP contribution is 2.28. The maximum atomic E-state index is 12.2. The van der Waals surface area contributed by atoms with Crippen molar-refractivity contribution >= 4 is 23.2 Å². The molecule has 3 rings (SSSR count). The molecule has 2 aromatic carbocycles. The van der Waals surface area contributed by atoms with Crippen LogP contribution in [0.2, 0.25) is 5.02 Å². The van der Waals surface area contributed by atoms with Crippen molar-refractivity contribution in [3.8, 4) is 5.75 Å². The van der Waals surface area contributed by atoms with Crippen LogP contribution in [0.15, 0.2) is 36.4 Å². The van der Waals surface area contributed by atoms with Gasteiger partial charge in [0.2, 0.25) is 0 Å². The summed E-state index contributed by atoms with van der Waals surface area (Å²) in [6.07, 6.45) is -0.127. The van der Waals surface area contributed by atoms with E-state index in [1.807, 2.05) is 6.07 Å². The van der Waals surface area contributed by atoms with Gasteiger partial charge in [0, 0.05) is 25.1 Å². The van der Waals surface area contributed by atoms with Crippen molar-refractivity contribution in [2.75, 3.05) is 13.2 Å². The standard InChI is InChI=1S/C17H15ClN2O5/c18-14-3-2-12(20(23)24)8-13(14)17(22)19-9-15(21)10-1-4-16-11(7-10)5-6-25-16/h1-4,7-8,15,21H,5-6,9H2,(H,19,22). The molecule has 2 aromatic rings. The zero-order chi connectivity index (χ0) is 18.0. The molecule has 7 nitrogen and oxygen atoms in total. The van der Waals surface area contributed by atoms with E-state index in [0.717, 1.165) is 23.8 Å². The van der Waals surface area contributed by atoms with E-state index in [2.05, 4.69) is 5.32 Å². The Morgan fingerprint density at radius 2 is 2.16 bits per heavy atom. The highest BCUT2D eigenvalue weighted by Gasteiger charge is 2.19. The van der Waals surface area contributed by atoms with Crippen molar-refractivity contribution in [1.29, 1.82) is 0 Å². The van der Waals surface area contributed by atoms with Crippen LogP contribution in [0, 0.1) is 10.1 Å². The Labute approximate surface area is 148 Å². The van der Waals surface area contributed by atoms with Crippen LogP contribution in [0.5, 0.6) is 5.75 Å². The molecule has 0 bridgehead atoms. The molecule has 0 fully saturated rings. The van der Waals surface area contributed by atoms with Gasteiger partial charge < -0.3 is 15.2 Å². The molecule has 1 amide bonds. The van der Waals surface area contributed by atoms with Crippen LogP contribution in [0.4, 0.5) is 5.69 Å². The topological polar surface area (TPSA) is 102 Å². The second-order valence-corrected chi connectivity index (χ2v) is 6.02. The van der Waals surface area contributed by atoms with Crippen molar-refractivity contribution in [2.45, 2.75) is 12.5 Å². The zero-order valence-corrected chi connectivity index (χ0v) is 13.8. The number of nitro groups is 1. The summed E-state index contributed by atoms with van der Waals surface area (Å²) in [5.74, 6) is 0.223. The van der Waals surface area contributed by atoms with Gasteiger partial charge in [0.25, 0.3) is 11.6 Å². The normalized spacial score (nSPS) is 13.7. The number of rotatable bonds is 5. The van der Waals surface area contributed by atoms with E-state index in [1.54, 1.807) is 12.1 Å². The first kappa shape index (κ1) is 17.2. The van der Waals surface area contributed by atoms with Gasteiger partial charge in [-0.05, 0) is 29.3 Å². The predicted octanol–water partition coefficient (Wildman–Crippen LogP) is 2.65. The van der Waals surface area contributed by atoms with E-state index in [-0.39, 0.29) is 22.8 Å². The number of aliphatic hydroxyl groups is 1. The first-order valence-corrected chi connectivity index (χ1v) is 7.99. The van der Waals surface area contributed by atoms with E-state index >= 15 is 0 Å². The Morgan fingerprint density at radius 1 is 1.36 bits per heavy atom. The molecule has 130 valence electrons. The summed E-state index contributed by atoms with van der Waals surface area (Å²) in [5, 5.41) is 23.7. The van der Waals surface area contributed by atoms with E-state index in [9.17, 15) is 20.0 Å². The van der Waals surface area contributed by atoms with Crippen molar-refractivity contribution < 1.29 is 19.6 Å². The fraction of sp³-hybridized carbons (Fsp3) is 0.235. The number of ether oxygens (including phenoxy) is 1. The number of benzene rings is 2. The fourth-order valence-electron chi connectivity index (χ4n) is 2.62. The third kappa shape index (κ3) is 3.72. The van der Waals surface area contributed by atoms with Crippen LogP contribution in [0.1, 0.15) is 27.6 Å². The van der Waals surface area contributed by atoms with Gasteiger partial charge in [-0.15, -0.1) is 0 Å². The summed E-state index contributed by atoms with van der Waals surface area (Å²) in [4.78, 5) is 22.4. The third-order valence-electron chi connectivity index (χ3n) is 3.96. The highest BCUT2D eigenvalue weighted by atomic mass is 35.5. The number of halogens is 1. The van der Waals surface area contributed by atoms with Crippen molar-refractivity contribution in [1.82, 2.24) is 5.32 Å². The molecular weight excluding hydrogens is 348 g/mol. The molecule has 1 atom stereocenters. The summed E-state index contributed by atoms with van der Waals surface area (Å²) >= 11 is 5.93. The quantitative estimate of drug-likeness (QED) is 0.629. The molecule has 8 heteroatoms. The van der Waals surface area contributed by atoms with Gasteiger partial charge in [-0.25, -0.2) is 0 Å². The number of fused-ring (bicyclic) bond motifs is 1. The predicted molar refractivity (Wildman–Crippen MR) is 91.0 cm³/mol. The van der Waals surface area contributed by atoms with E-state index < -0.39 is 16.9 Å². The van der Waals surface area contributed by atoms with Gasteiger partial charge >= 0.3 is 0 Å². The number of nitrogens with one attached hydrogen (secondary N) is 1. The average Bonchev–Trinajstić information content (AvgIpc) is 3.07. The molecular formula is C17H15ClN2O5. The van der Waals surface area contributed by atoms with Crippen molar-refractivity contribution in [3.05, 3.63) is 68.2 Å². The van der Waals surface area contributed by atoms with Crippen LogP contribution in [-0.4, -0.2) is 29.1 Å². The molecule has 1 unspecified atom stereocenters. The smallest absolute Gasteiger partial charge is 0.270 e. The number of nitro benzene ring substituents is 1. The Balaban J connectivity index is 1.68.